The minimum atomic E-state index is -0.444. The van der Waals surface area contributed by atoms with Crippen molar-refractivity contribution in [2.75, 3.05) is 40.0 Å². The molecule has 1 aromatic heterocycles. The maximum atomic E-state index is 12.8. The van der Waals surface area contributed by atoms with Gasteiger partial charge in [0.2, 0.25) is 0 Å². The number of benzene rings is 2. The van der Waals surface area contributed by atoms with E-state index in [1.165, 1.54) is 12.1 Å². The van der Waals surface area contributed by atoms with E-state index in [2.05, 4.69) is 10.2 Å². The highest BCUT2D eigenvalue weighted by atomic mass is 35.5. The van der Waals surface area contributed by atoms with Crippen LogP contribution in [0.25, 0.3) is 11.0 Å². The molecular formula is C23H23ClN2O5. The summed E-state index contributed by atoms with van der Waals surface area (Å²) >= 11 is 5.95. The standard InChI is InChI=1S/C23H23ClN2O5/c1-29-17-5-2-15(3-6-17)19(26-8-10-30-11-9-26)14-25-23(28)22-13-20(27)18-12-16(24)4-7-21(18)31-22/h2-7,12-13,19H,8-11,14H2,1H3,(H,25,28)/t19-/m1/s1. The molecule has 1 N–H and O–H groups in total. The molecule has 31 heavy (non-hydrogen) atoms. The summed E-state index contributed by atoms with van der Waals surface area (Å²) in [5.41, 5.74) is 1.06. The fourth-order valence-electron chi connectivity index (χ4n) is 3.69. The lowest BCUT2D eigenvalue weighted by Crippen LogP contribution is -2.43. The molecular weight excluding hydrogens is 420 g/mol. The third kappa shape index (κ3) is 4.90. The number of nitrogens with zero attached hydrogens (tertiary/aromatic N) is 1. The van der Waals surface area contributed by atoms with Crippen LogP contribution in [-0.4, -0.2) is 50.8 Å². The molecule has 0 unspecified atom stereocenters. The molecule has 0 saturated carbocycles. The van der Waals surface area contributed by atoms with Crippen LogP contribution in [0.5, 0.6) is 5.75 Å². The van der Waals surface area contributed by atoms with Crippen molar-refractivity contribution in [3.05, 3.63) is 75.1 Å². The molecule has 1 atom stereocenters. The van der Waals surface area contributed by atoms with E-state index in [9.17, 15) is 9.59 Å². The van der Waals surface area contributed by atoms with Crippen LogP contribution in [0, 0.1) is 0 Å². The number of ether oxygens (including phenoxy) is 2. The number of hydrogen-bond donors (Lipinski definition) is 1. The predicted octanol–water partition coefficient (Wildman–Crippen LogP) is 3.26. The van der Waals surface area contributed by atoms with Crippen molar-refractivity contribution in [1.82, 2.24) is 10.2 Å². The molecule has 0 radical (unpaired) electrons. The lowest BCUT2D eigenvalue weighted by atomic mass is 10.0. The number of nitrogens with one attached hydrogen (secondary N) is 1. The van der Waals surface area contributed by atoms with Gasteiger partial charge in [-0.05, 0) is 35.9 Å². The summed E-state index contributed by atoms with van der Waals surface area (Å²) < 4.78 is 16.4. The van der Waals surface area contributed by atoms with E-state index in [1.54, 1.807) is 19.2 Å². The van der Waals surface area contributed by atoms with Crippen molar-refractivity contribution in [1.29, 1.82) is 0 Å². The van der Waals surface area contributed by atoms with Gasteiger partial charge >= 0.3 is 0 Å². The molecule has 1 aliphatic rings. The maximum absolute atomic E-state index is 12.8. The van der Waals surface area contributed by atoms with Crippen molar-refractivity contribution in [2.45, 2.75) is 6.04 Å². The average Bonchev–Trinajstić information content (AvgIpc) is 2.80. The molecule has 162 valence electrons. The van der Waals surface area contributed by atoms with E-state index < -0.39 is 5.91 Å². The summed E-state index contributed by atoms with van der Waals surface area (Å²) in [6, 6.07) is 13.7. The molecule has 0 bridgehead atoms. The minimum Gasteiger partial charge on any atom is -0.497 e. The van der Waals surface area contributed by atoms with E-state index >= 15 is 0 Å². The monoisotopic (exact) mass is 442 g/mol. The van der Waals surface area contributed by atoms with E-state index in [0.717, 1.165) is 24.4 Å². The smallest absolute Gasteiger partial charge is 0.287 e. The van der Waals surface area contributed by atoms with Gasteiger partial charge in [-0.15, -0.1) is 0 Å². The Morgan fingerprint density at radius 3 is 2.61 bits per heavy atom. The van der Waals surface area contributed by atoms with Crippen LogP contribution in [-0.2, 0) is 4.74 Å². The Balaban J connectivity index is 1.54. The number of morpholine rings is 1. The van der Waals surface area contributed by atoms with Crippen LogP contribution >= 0.6 is 11.6 Å². The Bertz CT molecular complexity index is 1120. The van der Waals surface area contributed by atoms with Crippen molar-refractivity contribution in [3.8, 4) is 5.75 Å². The van der Waals surface area contributed by atoms with E-state index in [-0.39, 0.29) is 17.2 Å². The van der Waals surface area contributed by atoms with Crippen LogP contribution in [0.2, 0.25) is 5.02 Å². The number of amides is 1. The highest BCUT2D eigenvalue weighted by Gasteiger charge is 2.24. The number of carbonyl (C=O) groups excluding carboxylic acids is 1. The Hall–Kier alpha value is -2.87. The van der Waals surface area contributed by atoms with Crippen molar-refractivity contribution in [2.24, 2.45) is 0 Å². The zero-order chi connectivity index (χ0) is 21.8. The normalized spacial score (nSPS) is 15.5. The van der Waals surface area contributed by atoms with Gasteiger partial charge in [0.25, 0.3) is 5.91 Å². The van der Waals surface area contributed by atoms with Crippen LogP contribution < -0.4 is 15.5 Å². The minimum absolute atomic E-state index is 0.0321. The first-order valence-electron chi connectivity index (χ1n) is 10.0. The molecule has 1 aliphatic heterocycles. The first-order valence-corrected chi connectivity index (χ1v) is 10.4. The van der Waals surface area contributed by atoms with Gasteiger partial charge in [-0.3, -0.25) is 14.5 Å². The second-order valence-corrected chi connectivity index (χ2v) is 7.70. The van der Waals surface area contributed by atoms with Gasteiger partial charge < -0.3 is 19.2 Å². The fourth-order valence-corrected chi connectivity index (χ4v) is 3.86. The second kappa shape index (κ2) is 9.51. The third-order valence-corrected chi connectivity index (χ3v) is 5.59. The number of carbonyl (C=O) groups is 1. The van der Waals surface area contributed by atoms with Gasteiger partial charge in [0.1, 0.15) is 11.3 Å². The Labute approximate surface area is 184 Å². The fraction of sp³-hybridized carbons (Fsp3) is 0.304. The number of fused-ring (bicyclic) bond motifs is 1. The molecule has 0 aliphatic carbocycles. The molecule has 2 aromatic carbocycles. The van der Waals surface area contributed by atoms with Gasteiger partial charge in [-0.25, -0.2) is 0 Å². The predicted molar refractivity (Wildman–Crippen MR) is 118 cm³/mol. The molecule has 3 aromatic rings. The zero-order valence-corrected chi connectivity index (χ0v) is 17.9. The zero-order valence-electron chi connectivity index (χ0n) is 17.1. The second-order valence-electron chi connectivity index (χ2n) is 7.26. The van der Waals surface area contributed by atoms with Gasteiger partial charge in [-0.1, -0.05) is 23.7 Å². The highest BCUT2D eigenvalue weighted by molar-refractivity contribution is 6.31. The molecule has 4 rings (SSSR count). The average molecular weight is 443 g/mol. The Kier molecular flexibility index (Phi) is 6.56. The number of hydrogen-bond acceptors (Lipinski definition) is 6. The Morgan fingerprint density at radius 1 is 1.16 bits per heavy atom. The third-order valence-electron chi connectivity index (χ3n) is 5.36. The van der Waals surface area contributed by atoms with Crippen LogP contribution in [0.4, 0.5) is 0 Å². The SMILES string of the molecule is COc1ccc([C@@H](CNC(=O)c2cc(=O)c3cc(Cl)ccc3o2)N2CCOCC2)cc1. The van der Waals surface area contributed by atoms with Gasteiger partial charge in [0, 0.05) is 30.7 Å². The van der Waals surface area contributed by atoms with Gasteiger partial charge in [-0.2, -0.15) is 0 Å². The summed E-state index contributed by atoms with van der Waals surface area (Å²) in [4.78, 5) is 27.5. The van der Waals surface area contributed by atoms with Crippen molar-refractivity contribution < 1.29 is 18.7 Å². The van der Waals surface area contributed by atoms with Crippen LogP contribution in [0.15, 0.2) is 57.7 Å². The lowest BCUT2D eigenvalue weighted by molar-refractivity contribution is 0.0161. The van der Waals surface area contributed by atoms with Crippen LogP contribution in [0.3, 0.4) is 0 Å². The lowest BCUT2D eigenvalue weighted by Gasteiger charge is -2.35. The number of halogens is 1. The van der Waals surface area contributed by atoms with Crippen molar-refractivity contribution in [3.63, 3.8) is 0 Å². The summed E-state index contributed by atoms with van der Waals surface area (Å²) in [5, 5.41) is 3.69. The first-order chi connectivity index (χ1) is 15.0. The summed E-state index contributed by atoms with van der Waals surface area (Å²) in [5.74, 6) is 0.294. The van der Waals surface area contributed by atoms with E-state index in [4.69, 9.17) is 25.5 Å². The highest BCUT2D eigenvalue weighted by Crippen LogP contribution is 2.24. The molecule has 1 amide bonds. The summed E-state index contributed by atoms with van der Waals surface area (Å²) in [7, 11) is 1.62. The molecule has 7 nitrogen and oxygen atoms in total. The number of rotatable bonds is 6. The molecule has 8 heteroatoms. The van der Waals surface area contributed by atoms with Gasteiger partial charge in [0.15, 0.2) is 11.2 Å². The maximum Gasteiger partial charge on any atom is 0.287 e. The summed E-state index contributed by atoms with van der Waals surface area (Å²) in [6.07, 6.45) is 0. The molecule has 1 saturated heterocycles. The molecule has 1 fully saturated rings. The largest absolute Gasteiger partial charge is 0.497 e. The molecule has 0 spiro atoms. The van der Waals surface area contributed by atoms with Crippen molar-refractivity contribution >= 4 is 28.5 Å². The van der Waals surface area contributed by atoms with E-state index in [1.807, 2.05) is 24.3 Å². The van der Waals surface area contributed by atoms with Crippen LogP contribution in [0.1, 0.15) is 22.2 Å². The topological polar surface area (TPSA) is 81.0 Å². The summed E-state index contributed by atoms with van der Waals surface area (Å²) in [6.45, 7) is 3.16. The van der Waals surface area contributed by atoms with Gasteiger partial charge in [0.05, 0.1) is 31.8 Å². The first kappa shape index (κ1) is 21.4. The molecule has 2 heterocycles. The quantitative estimate of drug-likeness (QED) is 0.631. The van der Waals surface area contributed by atoms with E-state index in [0.29, 0.717) is 35.8 Å². The number of methoxy groups -OCH3 is 1. The Morgan fingerprint density at radius 2 is 1.90 bits per heavy atom.